The Balaban J connectivity index is 1.79. The molecule has 3 aromatic rings. The molecule has 2 aromatic heterocycles. The number of H-pyrrole nitrogens is 1. The average molecular weight is 352 g/mol. The zero-order chi connectivity index (χ0) is 18.3. The number of nitrogens with zero attached hydrogens (tertiary/aromatic N) is 3. The Labute approximate surface area is 149 Å². The predicted molar refractivity (Wildman–Crippen MR) is 96.1 cm³/mol. The van der Waals surface area contributed by atoms with E-state index in [1.54, 1.807) is 0 Å². The Bertz CT molecular complexity index is 1070. The number of nitrogens with one attached hydrogen (secondary N) is 1. The molecular formula is C19H20N4O3. The third kappa shape index (κ3) is 2.51. The molecule has 0 radical (unpaired) electrons. The second kappa shape index (κ2) is 6.09. The van der Waals surface area contributed by atoms with Crippen LogP contribution < -0.4 is 11.2 Å². The second-order valence-electron chi connectivity index (χ2n) is 6.82. The Hall–Kier alpha value is -2.96. The van der Waals surface area contributed by atoms with Gasteiger partial charge in [-0.1, -0.05) is 41.4 Å². The Morgan fingerprint density at radius 2 is 2.12 bits per heavy atom. The summed E-state index contributed by atoms with van der Waals surface area (Å²) >= 11 is 0. The van der Waals surface area contributed by atoms with E-state index in [0.717, 1.165) is 24.8 Å². The van der Waals surface area contributed by atoms with E-state index in [9.17, 15) is 9.59 Å². The minimum Gasteiger partial charge on any atom is -0.338 e. The highest BCUT2D eigenvalue weighted by Crippen LogP contribution is 2.48. The molecule has 0 aliphatic heterocycles. The summed E-state index contributed by atoms with van der Waals surface area (Å²) in [7, 11) is 0. The molecule has 4 rings (SSSR count). The van der Waals surface area contributed by atoms with Crippen molar-refractivity contribution in [2.45, 2.75) is 45.1 Å². The minimum absolute atomic E-state index is 0.211. The number of aromatic nitrogens is 4. The van der Waals surface area contributed by atoms with Gasteiger partial charge < -0.3 is 9.09 Å². The lowest BCUT2D eigenvalue weighted by molar-refractivity contribution is 0.216. The number of rotatable bonds is 4. The smallest absolute Gasteiger partial charge is 0.328 e. The molecule has 0 amide bonds. The van der Waals surface area contributed by atoms with Crippen molar-refractivity contribution in [3.8, 4) is 11.4 Å². The van der Waals surface area contributed by atoms with Gasteiger partial charge in [-0.25, -0.2) is 4.79 Å². The second-order valence-corrected chi connectivity index (χ2v) is 6.82. The Kier molecular flexibility index (Phi) is 3.86. The quantitative estimate of drug-likeness (QED) is 0.778. The minimum atomic E-state index is -0.509. The van der Waals surface area contributed by atoms with Crippen LogP contribution in [0.25, 0.3) is 11.4 Å². The van der Waals surface area contributed by atoms with Gasteiger partial charge in [-0.05, 0) is 32.3 Å². The van der Waals surface area contributed by atoms with Crippen LogP contribution in [-0.4, -0.2) is 19.7 Å². The summed E-state index contributed by atoms with van der Waals surface area (Å²) < 4.78 is 6.99. The molecule has 26 heavy (non-hydrogen) atoms. The van der Waals surface area contributed by atoms with Gasteiger partial charge in [0.25, 0.3) is 5.56 Å². The standard InChI is InChI=1S/C19H20N4O3/c1-3-23-11-14(16(24)21-18(23)25)15-20-17(26-22-15)19(8-5-9-19)13-7-4-6-12(2)10-13/h4,6-7,10-11H,3,5,8-9H2,1-2H3,(H,21,24,25). The van der Waals surface area contributed by atoms with E-state index in [4.69, 9.17) is 4.52 Å². The van der Waals surface area contributed by atoms with Crippen molar-refractivity contribution in [2.75, 3.05) is 0 Å². The normalized spacial score (nSPS) is 15.6. The first-order chi connectivity index (χ1) is 12.5. The van der Waals surface area contributed by atoms with Crippen LogP contribution >= 0.6 is 0 Å². The van der Waals surface area contributed by atoms with E-state index in [2.05, 4.69) is 40.2 Å². The largest absolute Gasteiger partial charge is 0.338 e. The van der Waals surface area contributed by atoms with Crippen molar-refractivity contribution in [1.29, 1.82) is 0 Å². The zero-order valence-corrected chi connectivity index (χ0v) is 14.8. The number of aromatic amines is 1. The summed E-state index contributed by atoms with van der Waals surface area (Å²) in [6.45, 7) is 4.33. The van der Waals surface area contributed by atoms with Gasteiger partial charge in [0.15, 0.2) is 0 Å². The van der Waals surface area contributed by atoms with Crippen molar-refractivity contribution in [3.63, 3.8) is 0 Å². The van der Waals surface area contributed by atoms with Crippen LogP contribution in [0.2, 0.25) is 0 Å². The SMILES string of the molecule is CCn1cc(-c2noc(C3(c4cccc(C)c4)CCC3)n2)c(=O)[nH]c1=O. The molecular weight excluding hydrogens is 332 g/mol. The van der Waals surface area contributed by atoms with Crippen LogP contribution in [-0.2, 0) is 12.0 Å². The monoisotopic (exact) mass is 352 g/mol. The highest BCUT2D eigenvalue weighted by atomic mass is 16.5. The molecule has 7 heteroatoms. The van der Waals surface area contributed by atoms with Crippen molar-refractivity contribution in [1.82, 2.24) is 19.7 Å². The number of benzene rings is 1. The van der Waals surface area contributed by atoms with Gasteiger partial charge >= 0.3 is 5.69 Å². The topological polar surface area (TPSA) is 93.8 Å². The van der Waals surface area contributed by atoms with Gasteiger partial charge in [-0.2, -0.15) is 4.98 Å². The summed E-state index contributed by atoms with van der Waals surface area (Å²) in [5.41, 5.74) is 1.33. The van der Waals surface area contributed by atoms with Crippen LogP contribution in [0.15, 0.2) is 44.6 Å². The molecule has 1 aliphatic rings. The van der Waals surface area contributed by atoms with Crippen molar-refractivity contribution in [3.05, 3.63) is 68.3 Å². The molecule has 1 N–H and O–H groups in total. The molecule has 0 unspecified atom stereocenters. The maximum atomic E-state index is 12.2. The lowest BCUT2D eigenvalue weighted by Gasteiger charge is -2.39. The molecule has 0 bridgehead atoms. The third-order valence-corrected chi connectivity index (χ3v) is 5.21. The van der Waals surface area contributed by atoms with Crippen LogP contribution in [0.1, 0.15) is 43.2 Å². The van der Waals surface area contributed by atoms with Gasteiger partial charge in [0, 0.05) is 12.7 Å². The van der Waals surface area contributed by atoms with Crippen LogP contribution in [0.5, 0.6) is 0 Å². The van der Waals surface area contributed by atoms with Gasteiger partial charge in [0.05, 0.1) is 5.41 Å². The fraction of sp³-hybridized carbons (Fsp3) is 0.368. The Morgan fingerprint density at radius 3 is 2.77 bits per heavy atom. The molecule has 1 aliphatic carbocycles. The molecule has 134 valence electrons. The first-order valence-corrected chi connectivity index (χ1v) is 8.79. The molecule has 0 spiro atoms. The van der Waals surface area contributed by atoms with Crippen LogP contribution in [0, 0.1) is 6.92 Å². The number of aryl methyl sites for hydroxylation is 2. The van der Waals surface area contributed by atoms with Gasteiger partial charge in [-0.3, -0.25) is 9.78 Å². The maximum Gasteiger partial charge on any atom is 0.328 e. The summed E-state index contributed by atoms with van der Waals surface area (Å²) in [6.07, 6.45) is 4.44. The van der Waals surface area contributed by atoms with E-state index in [1.807, 2.05) is 13.0 Å². The average Bonchev–Trinajstić information content (AvgIpc) is 3.04. The fourth-order valence-electron chi connectivity index (χ4n) is 3.53. The van der Waals surface area contributed by atoms with E-state index < -0.39 is 11.2 Å². The maximum absolute atomic E-state index is 12.2. The summed E-state index contributed by atoms with van der Waals surface area (Å²) in [5, 5.41) is 4.03. The lowest BCUT2D eigenvalue weighted by atomic mass is 9.64. The zero-order valence-electron chi connectivity index (χ0n) is 14.8. The van der Waals surface area contributed by atoms with Crippen LogP contribution in [0.3, 0.4) is 0 Å². The molecule has 0 saturated heterocycles. The van der Waals surface area contributed by atoms with Crippen LogP contribution in [0.4, 0.5) is 0 Å². The van der Waals surface area contributed by atoms with Crippen molar-refractivity contribution in [2.24, 2.45) is 0 Å². The van der Waals surface area contributed by atoms with E-state index in [0.29, 0.717) is 12.4 Å². The predicted octanol–water partition coefficient (Wildman–Crippen LogP) is 2.38. The molecule has 1 fully saturated rings. The summed E-state index contributed by atoms with van der Waals surface area (Å²) in [6, 6.07) is 8.32. The summed E-state index contributed by atoms with van der Waals surface area (Å²) in [5.74, 6) is 0.736. The van der Waals surface area contributed by atoms with Gasteiger partial charge in [0.1, 0.15) is 5.56 Å². The highest BCUT2D eigenvalue weighted by molar-refractivity contribution is 5.51. The molecule has 1 aromatic carbocycles. The molecule has 1 saturated carbocycles. The van der Waals surface area contributed by atoms with E-state index in [-0.39, 0.29) is 16.8 Å². The number of hydrogen-bond donors (Lipinski definition) is 1. The van der Waals surface area contributed by atoms with E-state index in [1.165, 1.54) is 16.3 Å². The fourth-order valence-corrected chi connectivity index (χ4v) is 3.53. The first kappa shape index (κ1) is 16.5. The first-order valence-electron chi connectivity index (χ1n) is 8.79. The van der Waals surface area contributed by atoms with E-state index >= 15 is 0 Å². The Morgan fingerprint density at radius 1 is 1.31 bits per heavy atom. The van der Waals surface area contributed by atoms with Crippen molar-refractivity contribution >= 4 is 0 Å². The molecule has 2 heterocycles. The summed E-state index contributed by atoms with van der Waals surface area (Å²) in [4.78, 5) is 30.7. The van der Waals surface area contributed by atoms with Gasteiger partial charge in [0.2, 0.25) is 11.7 Å². The third-order valence-electron chi connectivity index (χ3n) is 5.21. The molecule has 0 atom stereocenters. The highest BCUT2D eigenvalue weighted by Gasteiger charge is 2.45. The number of hydrogen-bond acceptors (Lipinski definition) is 5. The lowest BCUT2D eigenvalue weighted by Crippen LogP contribution is -2.36. The van der Waals surface area contributed by atoms with Crippen molar-refractivity contribution < 1.29 is 4.52 Å². The van der Waals surface area contributed by atoms with Gasteiger partial charge in [-0.15, -0.1) is 0 Å². The molecule has 7 nitrogen and oxygen atoms in total.